The maximum atomic E-state index is 13.6. The zero-order valence-corrected chi connectivity index (χ0v) is 20.4. The van der Waals surface area contributed by atoms with E-state index in [4.69, 9.17) is 0 Å². The van der Waals surface area contributed by atoms with Crippen LogP contribution in [0.5, 0.6) is 0 Å². The van der Waals surface area contributed by atoms with Crippen LogP contribution in [0.15, 0.2) is 24.3 Å². The summed E-state index contributed by atoms with van der Waals surface area (Å²) in [7, 11) is 1.70. The number of thioether (sulfide) groups is 1. The molecule has 0 spiro atoms. The molecule has 2 saturated heterocycles. The van der Waals surface area contributed by atoms with Gasteiger partial charge in [-0.3, -0.25) is 14.4 Å². The highest BCUT2D eigenvalue weighted by atomic mass is 32.2. The van der Waals surface area contributed by atoms with E-state index >= 15 is 0 Å². The van der Waals surface area contributed by atoms with Gasteiger partial charge in [0.05, 0.1) is 23.6 Å². The number of carbonyl (C=O) groups is 3. The molecule has 0 bridgehead atoms. The van der Waals surface area contributed by atoms with Crippen LogP contribution in [0.3, 0.4) is 0 Å². The van der Waals surface area contributed by atoms with Crippen molar-refractivity contribution in [3.8, 4) is 0 Å². The second-order valence-corrected chi connectivity index (χ2v) is 11.3. The van der Waals surface area contributed by atoms with Crippen molar-refractivity contribution in [2.24, 2.45) is 5.41 Å². The molecule has 2 aliphatic heterocycles. The second-order valence-electron chi connectivity index (χ2n) is 9.98. The number of nitrogens with zero attached hydrogens (tertiary/aromatic N) is 1. The third-order valence-electron chi connectivity index (χ3n) is 7.19. The maximum absolute atomic E-state index is 13.6. The summed E-state index contributed by atoms with van der Waals surface area (Å²) in [6.07, 6.45) is 1.02. The van der Waals surface area contributed by atoms with E-state index in [-0.39, 0.29) is 23.1 Å². The number of fused-ring (bicyclic) bond motifs is 2. The van der Waals surface area contributed by atoms with Gasteiger partial charge in [-0.05, 0) is 49.1 Å². The van der Waals surface area contributed by atoms with Crippen molar-refractivity contribution in [2.45, 2.75) is 75.7 Å². The Morgan fingerprint density at radius 3 is 2.70 bits per heavy atom. The van der Waals surface area contributed by atoms with E-state index in [0.717, 1.165) is 16.9 Å². The predicted octanol–water partition coefficient (Wildman–Crippen LogP) is 0.944. The fraction of sp³-hybridized carbons (Fsp3) is 0.625. The number of carbonyl (C=O) groups excluding carboxylic acids is 3. The number of likely N-dealkylation sites (N-methyl/N-ethyl adjacent to an activating group) is 1. The fourth-order valence-electron chi connectivity index (χ4n) is 5.26. The Bertz CT molecular complexity index is 939. The number of hydrogen-bond acceptors (Lipinski definition) is 6. The van der Waals surface area contributed by atoms with Gasteiger partial charge in [-0.1, -0.05) is 38.1 Å². The van der Waals surface area contributed by atoms with Crippen LogP contribution >= 0.6 is 11.8 Å². The van der Waals surface area contributed by atoms with Crippen LogP contribution < -0.4 is 16.0 Å². The number of hydrogen-bond donors (Lipinski definition) is 4. The number of rotatable bonds is 5. The molecule has 9 heteroatoms. The molecule has 2 heterocycles. The Labute approximate surface area is 199 Å². The molecule has 1 aromatic carbocycles. The molecule has 33 heavy (non-hydrogen) atoms. The zero-order valence-electron chi connectivity index (χ0n) is 19.6. The standard InChI is InChI=1S/C24H34N4O4S/c1-13(25-4)21(30)26-16-9-10-33-18-12-24(2,3)20(28(18)23(16)32)22(31)27-19-15-8-6-5-7-14(15)11-17(19)29/h5-8,13,16-20,25,29H,9-12H2,1-4H3,(H,26,30)(H,27,31)/t13-,16-,17+,18?,19-,20+/m0/s1. The minimum atomic E-state index is -0.698. The van der Waals surface area contributed by atoms with E-state index in [0.29, 0.717) is 19.3 Å². The first kappa shape index (κ1) is 24.0. The third-order valence-corrected chi connectivity index (χ3v) is 8.44. The first-order valence-corrected chi connectivity index (χ1v) is 12.7. The summed E-state index contributed by atoms with van der Waals surface area (Å²) in [6.45, 7) is 5.76. The molecule has 8 nitrogen and oxygen atoms in total. The molecular formula is C24H34N4O4S. The molecule has 0 aromatic heterocycles. The second kappa shape index (κ2) is 9.27. The number of amides is 3. The van der Waals surface area contributed by atoms with Gasteiger partial charge in [0.25, 0.3) is 0 Å². The Kier molecular flexibility index (Phi) is 6.75. The van der Waals surface area contributed by atoms with Crippen molar-refractivity contribution < 1.29 is 19.5 Å². The Balaban J connectivity index is 1.57. The molecule has 180 valence electrons. The SMILES string of the molecule is CN[C@@H](C)C(=O)N[C@H]1CCSC2CC(C)(C)[C@@H](C(=O)N[C@H]3c4ccccc4C[C@H]3O)N2C1=O. The lowest BCUT2D eigenvalue weighted by atomic mass is 9.83. The van der Waals surface area contributed by atoms with Crippen molar-refractivity contribution in [1.82, 2.24) is 20.9 Å². The van der Waals surface area contributed by atoms with Gasteiger partial charge >= 0.3 is 0 Å². The summed E-state index contributed by atoms with van der Waals surface area (Å²) in [5, 5.41) is 19.3. The van der Waals surface area contributed by atoms with Gasteiger partial charge in [-0.15, -0.1) is 11.8 Å². The van der Waals surface area contributed by atoms with Gasteiger partial charge in [-0.2, -0.15) is 0 Å². The van der Waals surface area contributed by atoms with Crippen molar-refractivity contribution in [1.29, 1.82) is 0 Å². The number of nitrogens with one attached hydrogen (secondary N) is 3. The molecule has 1 aromatic rings. The van der Waals surface area contributed by atoms with Gasteiger partial charge < -0.3 is 26.0 Å². The monoisotopic (exact) mass is 474 g/mol. The zero-order chi connectivity index (χ0) is 23.9. The van der Waals surface area contributed by atoms with Crippen LogP contribution in [0.1, 0.15) is 50.8 Å². The first-order valence-electron chi connectivity index (χ1n) is 11.6. The lowest BCUT2D eigenvalue weighted by Crippen LogP contribution is -2.58. The largest absolute Gasteiger partial charge is 0.390 e. The van der Waals surface area contributed by atoms with Crippen molar-refractivity contribution in [3.05, 3.63) is 35.4 Å². The van der Waals surface area contributed by atoms with Crippen LogP contribution in [0.4, 0.5) is 0 Å². The van der Waals surface area contributed by atoms with E-state index in [1.165, 1.54) is 0 Å². The molecular weight excluding hydrogens is 440 g/mol. The third kappa shape index (κ3) is 4.50. The summed E-state index contributed by atoms with van der Waals surface area (Å²) in [5.41, 5.74) is 1.51. The summed E-state index contributed by atoms with van der Waals surface area (Å²) in [4.78, 5) is 41.4. The number of aliphatic hydroxyl groups is 1. The number of benzene rings is 1. The highest BCUT2D eigenvalue weighted by Gasteiger charge is 2.55. The minimum Gasteiger partial charge on any atom is -0.390 e. The normalized spacial score (nSPS) is 31.4. The summed E-state index contributed by atoms with van der Waals surface area (Å²) in [6, 6.07) is 5.48. The maximum Gasteiger partial charge on any atom is 0.246 e. The topological polar surface area (TPSA) is 111 Å². The summed E-state index contributed by atoms with van der Waals surface area (Å²) >= 11 is 1.67. The Hall–Kier alpha value is -2.10. The van der Waals surface area contributed by atoms with Crippen LogP contribution in [-0.4, -0.2) is 70.1 Å². The smallest absolute Gasteiger partial charge is 0.246 e. The van der Waals surface area contributed by atoms with Crippen LogP contribution in [0.25, 0.3) is 0 Å². The van der Waals surface area contributed by atoms with Crippen molar-refractivity contribution in [3.63, 3.8) is 0 Å². The molecule has 3 aliphatic rings. The van der Waals surface area contributed by atoms with E-state index < -0.39 is 35.7 Å². The first-order chi connectivity index (χ1) is 15.6. The average molecular weight is 475 g/mol. The predicted molar refractivity (Wildman–Crippen MR) is 127 cm³/mol. The van der Waals surface area contributed by atoms with Gasteiger partial charge in [0.2, 0.25) is 17.7 Å². The van der Waals surface area contributed by atoms with Crippen molar-refractivity contribution in [2.75, 3.05) is 12.8 Å². The lowest BCUT2D eigenvalue weighted by molar-refractivity contribution is -0.144. The molecule has 4 N–H and O–H groups in total. The van der Waals surface area contributed by atoms with E-state index in [9.17, 15) is 19.5 Å². The van der Waals surface area contributed by atoms with Crippen LogP contribution in [0, 0.1) is 5.41 Å². The molecule has 4 rings (SSSR count). The fourth-order valence-corrected chi connectivity index (χ4v) is 6.84. The molecule has 0 saturated carbocycles. The van der Waals surface area contributed by atoms with E-state index in [1.54, 1.807) is 30.6 Å². The molecule has 3 amide bonds. The lowest BCUT2D eigenvalue weighted by Gasteiger charge is -2.35. The number of aliphatic hydroxyl groups excluding tert-OH is 1. The summed E-state index contributed by atoms with van der Waals surface area (Å²) in [5.74, 6) is 0.0298. The Morgan fingerprint density at radius 2 is 1.97 bits per heavy atom. The minimum absolute atomic E-state index is 0.118. The van der Waals surface area contributed by atoms with Gasteiger partial charge in [-0.25, -0.2) is 0 Å². The van der Waals surface area contributed by atoms with E-state index in [1.807, 2.05) is 38.1 Å². The molecule has 6 atom stereocenters. The average Bonchev–Trinajstić information content (AvgIpc) is 3.18. The van der Waals surface area contributed by atoms with Crippen LogP contribution in [-0.2, 0) is 20.8 Å². The van der Waals surface area contributed by atoms with Gasteiger partial charge in [0.15, 0.2) is 0 Å². The van der Waals surface area contributed by atoms with Crippen molar-refractivity contribution >= 4 is 29.5 Å². The molecule has 1 aliphatic carbocycles. The molecule has 2 fully saturated rings. The van der Waals surface area contributed by atoms with Gasteiger partial charge in [0.1, 0.15) is 12.1 Å². The Morgan fingerprint density at radius 1 is 1.24 bits per heavy atom. The van der Waals surface area contributed by atoms with Gasteiger partial charge in [0, 0.05) is 6.42 Å². The van der Waals surface area contributed by atoms with Crippen LogP contribution in [0.2, 0.25) is 0 Å². The summed E-state index contributed by atoms with van der Waals surface area (Å²) < 4.78 is 0. The van der Waals surface area contributed by atoms with E-state index in [2.05, 4.69) is 16.0 Å². The molecule has 1 unspecified atom stereocenters. The highest BCUT2D eigenvalue weighted by molar-refractivity contribution is 7.99. The highest BCUT2D eigenvalue weighted by Crippen LogP contribution is 2.46. The quantitative estimate of drug-likeness (QED) is 0.506. The molecule has 0 radical (unpaired) electrons.